The van der Waals surface area contributed by atoms with Crippen LogP contribution in [0.2, 0.25) is 0 Å². The zero-order chi connectivity index (χ0) is 5.19. The van der Waals surface area contributed by atoms with E-state index in [1.165, 1.54) is 11.8 Å². The van der Waals surface area contributed by atoms with E-state index in [0.717, 1.165) is 5.41 Å². The van der Waals surface area contributed by atoms with Gasteiger partial charge in [0.1, 0.15) is 0 Å². The van der Waals surface area contributed by atoms with Gasteiger partial charge < -0.3 is 0 Å². The Morgan fingerprint density at radius 1 is 1.00 bits per heavy atom. The number of rotatable bonds is 1. The first-order valence-electron chi connectivity index (χ1n) is 3.92. The summed E-state index contributed by atoms with van der Waals surface area (Å²) in [7, 11) is 0. The molecule has 0 spiro atoms. The first-order chi connectivity index (χ1) is 3.92. The van der Waals surface area contributed by atoms with Crippen molar-refractivity contribution in [2.24, 2.45) is 17.3 Å². The van der Waals surface area contributed by atoms with E-state index in [2.05, 4.69) is 0 Å². The molecule has 0 aromatic rings. The maximum atomic E-state index is 1.62. The molecule has 3 fully saturated rings. The maximum absolute atomic E-state index is 1.62. The molecule has 8 heavy (non-hydrogen) atoms. The van der Waals surface area contributed by atoms with Crippen LogP contribution in [-0.4, -0.2) is 0 Å². The highest BCUT2D eigenvalue weighted by Crippen LogP contribution is 2.76. The van der Waals surface area contributed by atoms with Crippen LogP contribution in [0.15, 0.2) is 0 Å². The van der Waals surface area contributed by atoms with Crippen molar-refractivity contribution in [1.82, 2.24) is 0 Å². The molecule has 0 amide bonds. The third-order valence-corrected chi connectivity index (χ3v) is 3.63. The number of hydrogen-bond donors (Lipinski definition) is 0. The molecule has 0 heterocycles. The van der Waals surface area contributed by atoms with Crippen LogP contribution in [0.3, 0.4) is 0 Å². The van der Waals surface area contributed by atoms with E-state index in [9.17, 15) is 0 Å². The number of fused-ring (bicyclic) bond motifs is 1. The standard InChI is InChI=1S/C8H12/c1-2-6(1)8-4-3-7(8)5-8/h6-7H,1-5H2/t7-,8+/m1/s1. The minimum absolute atomic E-state index is 1.00. The van der Waals surface area contributed by atoms with Crippen LogP contribution in [0.25, 0.3) is 0 Å². The van der Waals surface area contributed by atoms with Gasteiger partial charge in [0.15, 0.2) is 0 Å². The van der Waals surface area contributed by atoms with Gasteiger partial charge in [0.05, 0.1) is 0 Å². The molecule has 0 N–H and O–H groups in total. The fraction of sp³-hybridized carbons (Fsp3) is 1.00. The van der Waals surface area contributed by atoms with Crippen molar-refractivity contribution in [1.29, 1.82) is 0 Å². The second-order valence-electron chi connectivity index (χ2n) is 3.95. The van der Waals surface area contributed by atoms with Gasteiger partial charge in [-0.3, -0.25) is 0 Å². The Kier molecular flexibility index (Phi) is 0.427. The highest BCUT2D eigenvalue weighted by Gasteiger charge is 2.66. The molecule has 0 aromatic carbocycles. The van der Waals surface area contributed by atoms with Crippen LogP contribution in [0.4, 0.5) is 0 Å². The predicted octanol–water partition coefficient (Wildman–Crippen LogP) is 2.20. The molecule has 0 saturated heterocycles. The summed E-state index contributed by atoms with van der Waals surface area (Å²) in [5.41, 5.74) is 1.00. The van der Waals surface area contributed by atoms with Crippen molar-refractivity contribution >= 4 is 0 Å². The molecule has 0 radical (unpaired) electrons. The van der Waals surface area contributed by atoms with Crippen LogP contribution >= 0.6 is 0 Å². The van der Waals surface area contributed by atoms with E-state index in [0.29, 0.717) is 0 Å². The van der Waals surface area contributed by atoms with Gasteiger partial charge in [-0.1, -0.05) is 0 Å². The highest BCUT2D eigenvalue weighted by atomic mass is 14.7. The van der Waals surface area contributed by atoms with Crippen LogP contribution in [-0.2, 0) is 0 Å². The Morgan fingerprint density at radius 2 is 1.88 bits per heavy atom. The van der Waals surface area contributed by atoms with Crippen LogP contribution in [0.5, 0.6) is 0 Å². The topological polar surface area (TPSA) is 0 Å². The molecule has 44 valence electrons. The lowest BCUT2D eigenvalue weighted by molar-refractivity contribution is 0.254. The van der Waals surface area contributed by atoms with E-state index < -0.39 is 0 Å². The maximum Gasteiger partial charge on any atom is -0.0238 e. The van der Waals surface area contributed by atoms with Gasteiger partial charge in [0.2, 0.25) is 0 Å². The summed E-state index contributed by atoms with van der Waals surface area (Å²) < 4.78 is 0. The smallest absolute Gasteiger partial charge is 0.0238 e. The fourth-order valence-electron chi connectivity index (χ4n) is 2.69. The largest absolute Gasteiger partial charge is 0.0496 e. The van der Waals surface area contributed by atoms with Gasteiger partial charge >= 0.3 is 0 Å². The predicted molar refractivity (Wildman–Crippen MR) is 32.5 cm³/mol. The van der Waals surface area contributed by atoms with E-state index in [1.54, 1.807) is 32.1 Å². The van der Waals surface area contributed by atoms with Crippen molar-refractivity contribution in [2.45, 2.75) is 32.1 Å². The third-order valence-electron chi connectivity index (χ3n) is 3.63. The first kappa shape index (κ1) is 3.92. The van der Waals surface area contributed by atoms with Gasteiger partial charge in [-0.15, -0.1) is 0 Å². The molecule has 3 saturated carbocycles. The van der Waals surface area contributed by atoms with Crippen LogP contribution in [0.1, 0.15) is 32.1 Å². The van der Waals surface area contributed by atoms with Gasteiger partial charge in [0.25, 0.3) is 0 Å². The SMILES string of the molecule is C1CC1[C@@]12CC[C@@H]1C2. The summed E-state index contributed by atoms with van der Waals surface area (Å²) in [5, 5.41) is 0. The minimum Gasteiger partial charge on any atom is -0.0496 e. The molecule has 0 nitrogen and oxygen atoms in total. The molecule has 3 aliphatic carbocycles. The van der Waals surface area contributed by atoms with Gasteiger partial charge in [-0.25, -0.2) is 0 Å². The molecule has 0 heteroatoms. The second-order valence-corrected chi connectivity index (χ2v) is 3.95. The quantitative estimate of drug-likeness (QED) is 0.483. The summed E-state index contributed by atoms with van der Waals surface area (Å²) in [6.07, 6.45) is 7.96. The van der Waals surface area contributed by atoms with Crippen molar-refractivity contribution in [3.63, 3.8) is 0 Å². The van der Waals surface area contributed by atoms with Crippen LogP contribution in [0, 0.1) is 17.3 Å². The Labute approximate surface area is 50.3 Å². The fourth-order valence-corrected chi connectivity index (χ4v) is 2.69. The Morgan fingerprint density at radius 3 is 2.00 bits per heavy atom. The Hall–Kier alpha value is 0. The molecule has 0 bridgehead atoms. The summed E-state index contributed by atoms with van der Waals surface area (Å²) in [4.78, 5) is 0. The molecule has 0 aliphatic heterocycles. The van der Waals surface area contributed by atoms with Gasteiger partial charge in [0, 0.05) is 0 Å². The molecule has 3 aliphatic rings. The lowest BCUT2D eigenvalue weighted by Crippen LogP contribution is -2.15. The minimum atomic E-state index is 1.00. The highest BCUT2D eigenvalue weighted by molar-refractivity contribution is 5.16. The second kappa shape index (κ2) is 0.872. The molecular weight excluding hydrogens is 96.1 g/mol. The lowest BCUT2D eigenvalue weighted by Gasteiger charge is -2.24. The zero-order valence-electron chi connectivity index (χ0n) is 5.19. The summed E-state index contributed by atoms with van der Waals surface area (Å²) in [6.45, 7) is 0. The third kappa shape index (κ3) is 0.260. The van der Waals surface area contributed by atoms with Gasteiger partial charge in [-0.05, 0) is 49.4 Å². The van der Waals surface area contributed by atoms with Crippen molar-refractivity contribution < 1.29 is 0 Å². The van der Waals surface area contributed by atoms with E-state index in [1.807, 2.05) is 0 Å². The molecule has 3 rings (SSSR count). The summed E-state index contributed by atoms with van der Waals surface area (Å²) in [5.74, 6) is 2.45. The monoisotopic (exact) mass is 108 g/mol. The molecular formula is C8H12. The molecule has 0 unspecified atom stereocenters. The van der Waals surface area contributed by atoms with E-state index in [-0.39, 0.29) is 0 Å². The van der Waals surface area contributed by atoms with E-state index >= 15 is 0 Å². The van der Waals surface area contributed by atoms with Crippen LogP contribution < -0.4 is 0 Å². The van der Waals surface area contributed by atoms with Gasteiger partial charge in [-0.2, -0.15) is 0 Å². The average Bonchev–Trinajstić information content (AvgIpc) is 2.50. The normalized spacial score (nSPS) is 59.2. The Bertz CT molecular complexity index is 131. The summed E-state index contributed by atoms with van der Waals surface area (Å²) >= 11 is 0. The first-order valence-corrected chi connectivity index (χ1v) is 3.92. The average molecular weight is 108 g/mol. The zero-order valence-corrected chi connectivity index (χ0v) is 5.19. The van der Waals surface area contributed by atoms with Crippen molar-refractivity contribution in [3.05, 3.63) is 0 Å². The summed E-state index contributed by atoms with van der Waals surface area (Å²) in [6, 6.07) is 0. The Balaban J connectivity index is 1.88. The van der Waals surface area contributed by atoms with E-state index in [4.69, 9.17) is 0 Å². The van der Waals surface area contributed by atoms with Crippen molar-refractivity contribution in [3.8, 4) is 0 Å². The molecule has 0 aromatic heterocycles. The lowest BCUT2D eigenvalue weighted by atomic mass is 9.81. The molecule has 2 atom stereocenters. The number of hydrogen-bond acceptors (Lipinski definition) is 0. The van der Waals surface area contributed by atoms with Crippen molar-refractivity contribution in [2.75, 3.05) is 0 Å².